The molecule has 3 aliphatic rings. The van der Waals surface area contributed by atoms with E-state index in [0.29, 0.717) is 25.2 Å². The van der Waals surface area contributed by atoms with Crippen LogP contribution in [-0.4, -0.2) is 70.3 Å². The number of aliphatic hydroxyl groups is 1. The van der Waals surface area contributed by atoms with Crippen molar-refractivity contribution < 1.29 is 24.3 Å². The third-order valence-corrected chi connectivity index (χ3v) is 8.08. The van der Waals surface area contributed by atoms with Gasteiger partial charge in [0.05, 0.1) is 6.04 Å². The highest BCUT2D eigenvalue weighted by Crippen LogP contribution is 2.43. The lowest BCUT2D eigenvalue weighted by molar-refractivity contribution is -0.133. The number of hydrogen-bond donors (Lipinski definition) is 4. The van der Waals surface area contributed by atoms with Gasteiger partial charge in [0.2, 0.25) is 11.8 Å². The summed E-state index contributed by atoms with van der Waals surface area (Å²) in [4.78, 5) is 56.6. The molecule has 1 aromatic heterocycles. The molecule has 1 saturated carbocycles. The second-order valence-corrected chi connectivity index (χ2v) is 10.2. The largest absolute Gasteiger partial charge is 0.389 e. The molecule has 1 aliphatic carbocycles. The maximum Gasteiger partial charge on any atom is 0.271 e. The molecule has 2 saturated heterocycles. The van der Waals surface area contributed by atoms with Gasteiger partial charge < -0.3 is 25.6 Å². The van der Waals surface area contributed by atoms with Crippen LogP contribution >= 0.6 is 0 Å². The Morgan fingerprint density at radius 2 is 2.06 bits per heavy atom. The number of aliphatic hydroxyl groups excluding tert-OH is 1. The monoisotopic (exact) mass is 480 g/mol. The number of carbonyl (C=O) groups excluding carboxylic acids is 4. The molecule has 2 aromatic rings. The van der Waals surface area contributed by atoms with E-state index in [0.717, 1.165) is 35.7 Å². The van der Waals surface area contributed by atoms with Gasteiger partial charge in [0.1, 0.15) is 18.3 Å². The summed E-state index contributed by atoms with van der Waals surface area (Å²) in [5, 5.41) is 16.0. The van der Waals surface area contributed by atoms with Gasteiger partial charge in [-0.25, -0.2) is 0 Å². The van der Waals surface area contributed by atoms with Crippen molar-refractivity contribution >= 4 is 34.4 Å². The Kier molecular flexibility index (Phi) is 6.35. The van der Waals surface area contributed by atoms with Crippen molar-refractivity contribution in [1.29, 1.82) is 0 Å². The van der Waals surface area contributed by atoms with Gasteiger partial charge >= 0.3 is 0 Å². The predicted molar refractivity (Wildman–Crippen MR) is 128 cm³/mol. The first-order chi connectivity index (χ1) is 16.9. The Morgan fingerprint density at radius 3 is 2.77 bits per heavy atom. The third-order valence-electron chi connectivity index (χ3n) is 8.08. The predicted octanol–water partition coefficient (Wildman–Crippen LogP) is 1.29. The molecule has 5 rings (SSSR count). The quantitative estimate of drug-likeness (QED) is 0.474. The van der Waals surface area contributed by atoms with Gasteiger partial charge in [-0.05, 0) is 62.1 Å². The number of aromatic nitrogens is 1. The van der Waals surface area contributed by atoms with Crippen LogP contribution in [0.3, 0.4) is 0 Å². The number of rotatable bonds is 7. The van der Waals surface area contributed by atoms with Crippen LogP contribution in [0.5, 0.6) is 0 Å². The number of fused-ring (bicyclic) bond motifs is 2. The summed E-state index contributed by atoms with van der Waals surface area (Å²) in [6.07, 6.45) is 3.55. The second-order valence-electron chi connectivity index (χ2n) is 10.2. The van der Waals surface area contributed by atoms with Crippen molar-refractivity contribution in [2.24, 2.45) is 17.8 Å². The van der Waals surface area contributed by atoms with Crippen LogP contribution < -0.4 is 10.6 Å². The maximum absolute atomic E-state index is 13.6. The molecule has 0 unspecified atom stereocenters. The van der Waals surface area contributed by atoms with Gasteiger partial charge in [-0.2, -0.15) is 0 Å². The highest BCUT2D eigenvalue weighted by atomic mass is 16.3. The van der Waals surface area contributed by atoms with Crippen LogP contribution in [0.1, 0.15) is 48.2 Å². The molecule has 1 aromatic carbocycles. The smallest absolute Gasteiger partial charge is 0.271 e. The molecule has 0 radical (unpaired) electrons. The van der Waals surface area contributed by atoms with E-state index in [-0.39, 0.29) is 41.9 Å². The van der Waals surface area contributed by atoms with Crippen LogP contribution in [0.2, 0.25) is 0 Å². The highest BCUT2D eigenvalue weighted by molar-refractivity contribution is 6.02. The Morgan fingerprint density at radius 1 is 1.23 bits per heavy atom. The van der Waals surface area contributed by atoms with Gasteiger partial charge in [0.25, 0.3) is 5.91 Å². The molecule has 0 bridgehead atoms. The fourth-order valence-corrected chi connectivity index (χ4v) is 6.22. The van der Waals surface area contributed by atoms with Gasteiger partial charge in [0.15, 0.2) is 5.78 Å². The van der Waals surface area contributed by atoms with Crippen molar-refractivity contribution in [3.63, 3.8) is 0 Å². The normalized spacial score (nSPS) is 26.6. The number of nitrogens with one attached hydrogen (secondary N) is 3. The Balaban J connectivity index is 1.39. The van der Waals surface area contributed by atoms with Gasteiger partial charge in [0, 0.05) is 29.9 Å². The van der Waals surface area contributed by atoms with E-state index in [1.807, 2.05) is 31.2 Å². The SMILES string of the molecule is Cc1cccc2[nH]c(C(=O)N3C[C@@H]4CCC[C@@H]4[C@H]3C(=O)N[C@@H](C[C@@H]3CCNC3=O)C(=O)CO)cc12. The molecule has 3 heterocycles. The van der Waals surface area contributed by atoms with Crippen LogP contribution in [-0.2, 0) is 14.4 Å². The molecule has 3 amide bonds. The summed E-state index contributed by atoms with van der Waals surface area (Å²) < 4.78 is 0. The van der Waals surface area contributed by atoms with Crippen molar-refractivity contribution in [3.8, 4) is 0 Å². The highest BCUT2D eigenvalue weighted by Gasteiger charge is 2.50. The average molecular weight is 481 g/mol. The summed E-state index contributed by atoms with van der Waals surface area (Å²) in [6.45, 7) is 2.31. The zero-order valence-electron chi connectivity index (χ0n) is 19.9. The van der Waals surface area contributed by atoms with E-state index in [2.05, 4.69) is 15.6 Å². The Bertz CT molecular complexity index is 1170. The molecule has 4 N–H and O–H groups in total. The van der Waals surface area contributed by atoms with E-state index >= 15 is 0 Å². The van der Waals surface area contributed by atoms with Crippen molar-refractivity contribution in [2.45, 2.75) is 51.1 Å². The summed E-state index contributed by atoms with van der Waals surface area (Å²) in [5.74, 6) is -1.38. The Hall–Kier alpha value is -3.20. The maximum atomic E-state index is 13.6. The molecule has 35 heavy (non-hydrogen) atoms. The fourth-order valence-electron chi connectivity index (χ4n) is 6.22. The lowest BCUT2D eigenvalue weighted by Crippen LogP contribution is -2.53. The van der Waals surface area contributed by atoms with Crippen molar-refractivity contribution in [1.82, 2.24) is 20.5 Å². The fraction of sp³-hybridized carbons (Fsp3) is 0.538. The number of ketones is 1. The van der Waals surface area contributed by atoms with Crippen LogP contribution in [0.15, 0.2) is 24.3 Å². The summed E-state index contributed by atoms with van der Waals surface area (Å²) in [6, 6.07) is 6.04. The van der Waals surface area contributed by atoms with E-state index in [1.165, 1.54) is 0 Å². The van der Waals surface area contributed by atoms with E-state index in [4.69, 9.17) is 0 Å². The number of aryl methyl sites for hydroxylation is 1. The third kappa shape index (κ3) is 4.33. The molecule has 5 atom stereocenters. The number of nitrogens with zero attached hydrogens (tertiary/aromatic N) is 1. The molecule has 0 spiro atoms. The standard InChI is InChI=1S/C26H32N4O5/c1-14-4-2-7-19-18(14)11-21(28-19)26(35)30-12-16-5-3-6-17(16)23(30)25(34)29-20(22(32)13-31)10-15-8-9-27-24(15)33/h2,4,7,11,15-17,20,23,28,31H,3,5-6,8-10,12-13H2,1H3,(H,27,33)(H,29,34)/t15-,16-,17-,20-,23-/m0/s1. The molecular formula is C26H32N4O5. The number of benzene rings is 1. The molecule has 9 nitrogen and oxygen atoms in total. The molecule has 186 valence electrons. The number of carbonyl (C=O) groups is 4. The van der Waals surface area contributed by atoms with E-state index in [1.54, 1.807) is 4.90 Å². The molecule has 9 heteroatoms. The molecule has 3 fully saturated rings. The van der Waals surface area contributed by atoms with Crippen molar-refractivity contribution in [2.75, 3.05) is 19.7 Å². The zero-order valence-corrected chi connectivity index (χ0v) is 19.9. The lowest BCUT2D eigenvalue weighted by atomic mass is 9.92. The van der Waals surface area contributed by atoms with Crippen LogP contribution in [0.4, 0.5) is 0 Å². The number of amides is 3. The average Bonchev–Trinajstić information content (AvgIpc) is 3.61. The Labute approximate surface area is 203 Å². The molecular weight excluding hydrogens is 448 g/mol. The van der Waals surface area contributed by atoms with Gasteiger partial charge in [-0.15, -0.1) is 0 Å². The second kappa shape index (κ2) is 9.45. The van der Waals surface area contributed by atoms with E-state index in [9.17, 15) is 24.3 Å². The minimum absolute atomic E-state index is 0.0322. The first-order valence-electron chi connectivity index (χ1n) is 12.5. The lowest BCUT2D eigenvalue weighted by Gasteiger charge is -2.29. The summed E-state index contributed by atoms with van der Waals surface area (Å²) in [5.41, 5.74) is 2.38. The first-order valence-corrected chi connectivity index (χ1v) is 12.5. The topological polar surface area (TPSA) is 132 Å². The van der Waals surface area contributed by atoms with E-state index < -0.39 is 24.5 Å². The van der Waals surface area contributed by atoms with Crippen LogP contribution in [0.25, 0.3) is 10.9 Å². The number of hydrogen-bond acceptors (Lipinski definition) is 5. The summed E-state index contributed by atoms with van der Waals surface area (Å²) in [7, 11) is 0. The van der Waals surface area contributed by atoms with Gasteiger partial charge in [-0.1, -0.05) is 18.6 Å². The van der Waals surface area contributed by atoms with Crippen molar-refractivity contribution in [3.05, 3.63) is 35.5 Å². The minimum Gasteiger partial charge on any atom is -0.389 e. The molecule has 2 aliphatic heterocycles. The minimum atomic E-state index is -0.963. The summed E-state index contributed by atoms with van der Waals surface area (Å²) >= 11 is 0. The number of aromatic amines is 1. The first kappa shape index (κ1) is 23.5. The van der Waals surface area contributed by atoms with Gasteiger partial charge in [-0.3, -0.25) is 19.2 Å². The number of H-pyrrole nitrogens is 1. The number of likely N-dealkylation sites (tertiary alicyclic amines) is 1. The zero-order chi connectivity index (χ0) is 24.7. The van der Waals surface area contributed by atoms with Crippen LogP contribution in [0, 0.1) is 24.7 Å². The number of Topliss-reactive ketones (excluding diaryl/α,β-unsaturated/α-hetero) is 1.